The molecule has 0 bridgehead atoms. The van der Waals surface area contributed by atoms with E-state index in [1.54, 1.807) is 36.7 Å². The minimum absolute atomic E-state index is 0.0384. The number of ether oxygens (including phenoxy) is 1. The lowest BCUT2D eigenvalue weighted by Gasteiger charge is -2.23. The smallest absolute Gasteiger partial charge is 0.356 e. The number of hydrogen-bond acceptors (Lipinski definition) is 7. The number of amides is 1. The van der Waals surface area contributed by atoms with Gasteiger partial charge in [0.25, 0.3) is 5.91 Å². The second kappa shape index (κ2) is 10.3. The van der Waals surface area contributed by atoms with Gasteiger partial charge in [0.15, 0.2) is 11.5 Å². The molecular weight excluding hydrogens is 436 g/mol. The Morgan fingerprint density at radius 3 is 2.62 bits per heavy atom. The molecule has 3 N–H and O–H groups in total. The lowest BCUT2D eigenvalue weighted by molar-refractivity contribution is 0.0589. The zero-order valence-electron chi connectivity index (χ0n) is 20.6. The summed E-state index contributed by atoms with van der Waals surface area (Å²) in [6.45, 7) is 10.2. The standard InChI is InChI=1S/C25H34N4O5/c1-15(2)9-10-29-21(24(31)33-6)20(28-23(30)19-8-7-11-34-19)18-12-17(14-26-22(18)29)27-16(3)13-25(4,5)32/h7-8,11-12,14-16,27,32H,9-10,13H2,1-6H3,(H,28,30)/t16-/m0/s1. The third kappa shape index (κ3) is 5.96. The Kier molecular flexibility index (Phi) is 7.66. The maximum Gasteiger partial charge on any atom is 0.356 e. The van der Waals surface area contributed by atoms with Crippen LogP contribution in [-0.4, -0.2) is 45.3 Å². The Morgan fingerprint density at radius 1 is 1.29 bits per heavy atom. The van der Waals surface area contributed by atoms with Crippen LogP contribution in [0.4, 0.5) is 11.4 Å². The molecule has 0 radical (unpaired) electrons. The molecule has 9 heteroatoms. The molecule has 0 aromatic carbocycles. The fourth-order valence-corrected chi connectivity index (χ4v) is 4.01. The van der Waals surface area contributed by atoms with Crippen molar-refractivity contribution in [1.82, 2.24) is 9.55 Å². The number of rotatable bonds is 10. The van der Waals surface area contributed by atoms with E-state index >= 15 is 0 Å². The van der Waals surface area contributed by atoms with Gasteiger partial charge in [0.05, 0.1) is 36.5 Å². The summed E-state index contributed by atoms with van der Waals surface area (Å²) in [5, 5.41) is 16.9. The molecule has 0 unspecified atom stereocenters. The summed E-state index contributed by atoms with van der Waals surface area (Å²) < 4.78 is 12.1. The van der Waals surface area contributed by atoms with Crippen molar-refractivity contribution in [3.63, 3.8) is 0 Å². The number of esters is 1. The summed E-state index contributed by atoms with van der Waals surface area (Å²) in [6.07, 6.45) is 4.43. The summed E-state index contributed by atoms with van der Waals surface area (Å²) in [5.74, 6) is -0.527. The largest absolute Gasteiger partial charge is 0.464 e. The maximum atomic E-state index is 12.9. The quantitative estimate of drug-likeness (QED) is 0.368. The van der Waals surface area contributed by atoms with Crippen LogP contribution in [0.15, 0.2) is 35.1 Å². The van der Waals surface area contributed by atoms with Gasteiger partial charge in [-0.15, -0.1) is 0 Å². The number of aryl methyl sites for hydroxylation is 1. The molecule has 0 fully saturated rings. The number of hydrogen-bond donors (Lipinski definition) is 3. The molecule has 3 aromatic rings. The molecule has 184 valence electrons. The van der Waals surface area contributed by atoms with Crippen LogP contribution in [0.2, 0.25) is 0 Å². The van der Waals surface area contributed by atoms with Crippen LogP contribution in [0.1, 0.15) is 68.5 Å². The number of nitrogens with one attached hydrogen (secondary N) is 2. The fraction of sp³-hybridized carbons (Fsp3) is 0.480. The lowest BCUT2D eigenvalue weighted by Crippen LogP contribution is -2.29. The highest BCUT2D eigenvalue weighted by atomic mass is 16.5. The predicted octanol–water partition coefficient (Wildman–Crippen LogP) is 4.68. The highest BCUT2D eigenvalue weighted by Crippen LogP contribution is 2.34. The molecule has 1 amide bonds. The Labute approximate surface area is 199 Å². The molecule has 9 nitrogen and oxygen atoms in total. The summed E-state index contributed by atoms with van der Waals surface area (Å²) in [7, 11) is 1.31. The van der Waals surface area contributed by atoms with E-state index in [0.29, 0.717) is 41.3 Å². The van der Waals surface area contributed by atoms with Crippen LogP contribution >= 0.6 is 0 Å². The minimum Gasteiger partial charge on any atom is -0.464 e. The second-order valence-electron chi connectivity index (χ2n) is 9.64. The van der Waals surface area contributed by atoms with Gasteiger partial charge in [0, 0.05) is 18.0 Å². The van der Waals surface area contributed by atoms with Gasteiger partial charge in [-0.2, -0.15) is 0 Å². The number of fused-ring (bicyclic) bond motifs is 1. The SMILES string of the molecule is COC(=O)c1c(NC(=O)c2ccco2)c2cc(N[C@@H](C)CC(C)(C)O)cnc2n1CCC(C)C. The number of anilines is 2. The van der Waals surface area contributed by atoms with E-state index in [-0.39, 0.29) is 17.5 Å². The molecule has 0 saturated heterocycles. The van der Waals surface area contributed by atoms with E-state index in [9.17, 15) is 14.7 Å². The number of aliphatic hydroxyl groups is 1. The first kappa shape index (κ1) is 25.3. The van der Waals surface area contributed by atoms with E-state index in [2.05, 4.69) is 29.5 Å². The Hall–Kier alpha value is -3.33. The minimum atomic E-state index is -0.829. The number of methoxy groups -OCH3 is 1. The molecule has 0 spiro atoms. The van der Waals surface area contributed by atoms with E-state index < -0.39 is 17.5 Å². The number of aromatic nitrogens is 2. The van der Waals surface area contributed by atoms with Crippen molar-refractivity contribution in [2.24, 2.45) is 5.92 Å². The molecule has 34 heavy (non-hydrogen) atoms. The van der Waals surface area contributed by atoms with Crippen molar-refractivity contribution in [3.05, 3.63) is 42.1 Å². The normalized spacial score (nSPS) is 12.7. The molecule has 1 atom stereocenters. The van der Waals surface area contributed by atoms with Crippen LogP contribution in [0.3, 0.4) is 0 Å². The van der Waals surface area contributed by atoms with E-state index in [4.69, 9.17) is 9.15 Å². The van der Waals surface area contributed by atoms with Crippen LogP contribution in [0, 0.1) is 5.92 Å². The van der Waals surface area contributed by atoms with E-state index in [1.165, 1.54) is 13.4 Å². The maximum absolute atomic E-state index is 12.9. The Bertz CT molecular complexity index is 1140. The van der Waals surface area contributed by atoms with Gasteiger partial charge in [-0.3, -0.25) is 4.79 Å². The summed E-state index contributed by atoms with van der Waals surface area (Å²) in [4.78, 5) is 30.3. The zero-order valence-corrected chi connectivity index (χ0v) is 20.6. The lowest BCUT2D eigenvalue weighted by atomic mass is 10.0. The van der Waals surface area contributed by atoms with Gasteiger partial charge >= 0.3 is 5.97 Å². The van der Waals surface area contributed by atoms with E-state index in [0.717, 1.165) is 6.42 Å². The van der Waals surface area contributed by atoms with Crippen molar-refractivity contribution in [2.75, 3.05) is 17.7 Å². The van der Waals surface area contributed by atoms with Crippen LogP contribution < -0.4 is 10.6 Å². The van der Waals surface area contributed by atoms with E-state index in [1.807, 2.05) is 13.0 Å². The molecule has 3 aromatic heterocycles. The van der Waals surface area contributed by atoms with Crippen molar-refractivity contribution in [2.45, 2.75) is 65.6 Å². The highest BCUT2D eigenvalue weighted by molar-refractivity contribution is 6.14. The molecule has 3 heterocycles. The first-order chi connectivity index (χ1) is 16.0. The molecule has 0 aliphatic rings. The zero-order chi connectivity index (χ0) is 25.0. The van der Waals surface area contributed by atoms with Gasteiger partial charge < -0.3 is 29.5 Å². The highest BCUT2D eigenvalue weighted by Gasteiger charge is 2.27. The average Bonchev–Trinajstić information content (AvgIpc) is 3.37. The van der Waals surface area contributed by atoms with Gasteiger partial charge in [-0.1, -0.05) is 13.8 Å². The molecule has 0 aliphatic carbocycles. The number of pyridine rings is 1. The Balaban J connectivity index is 2.11. The fourth-order valence-electron chi connectivity index (χ4n) is 4.01. The Morgan fingerprint density at radius 2 is 2.03 bits per heavy atom. The van der Waals surface area contributed by atoms with Gasteiger partial charge in [0.2, 0.25) is 0 Å². The summed E-state index contributed by atoms with van der Waals surface area (Å²) >= 11 is 0. The average molecular weight is 471 g/mol. The van der Waals surface area contributed by atoms with Crippen LogP contribution in [-0.2, 0) is 11.3 Å². The summed E-state index contributed by atoms with van der Waals surface area (Å²) in [5.41, 5.74) is 0.988. The second-order valence-corrected chi connectivity index (χ2v) is 9.64. The van der Waals surface area contributed by atoms with Crippen molar-refractivity contribution in [3.8, 4) is 0 Å². The van der Waals surface area contributed by atoms with Crippen molar-refractivity contribution >= 4 is 34.3 Å². The first-order valence-corrected chi connectivity index (χ1v) is 11.4. The number of carbonyl (C=O) groups is 2. The van der Waals surface area contributed by atoms with Gasteiger partial charge in [-0.05, 0) is 57.7 Å². The van der Waals surface area contributed by atoms with Gasteiger partial charge in [-0.25, -0.2) is 9.78 Å². The third-order valence-electron chi connectivity index (χ3n) is 5.41. The predicted molar refractivity (Wildman–Crippen MR) is 131 cm³/mol. The third-order valence-corrected chi connectivity index (χ3v) is 5.41. The van der Waals surface area contributed by atoms with Gasteiger partial charge in [0.1, 0.15) is 5.65 Å². The molecule has 3 rings (SSSR count). The van der Waals surface area contributed by atoms with Crippen LogP contribution in [0.5, 0.6) is 0 Å². The number of furan rings is 1. The number of carbonyl (C=O) groups excluding carboxylic acids is 2. The molecule has 0 aliphatic heterocycles. The monoisotopic (exact) mass is 470 g/mol. The topological polar surface area (TPSA) is 119 Å². The van der Waals surface area contributed by atoms with Crippen molar-refractivity contribution in [1.29, 1.82) is 0 Å². The first-order valence-electron chi connectivity index (χ1n) is 11.4. The summed E-state index contributed by atoms with van der Waals surface area (Å²) in [6, 6.07) is 4.98. The number of nitrogens with zero attached hydrogens (tertiary/aromatic N) is 2. The van der Waals surface area contributed by atoms with Crippen molar-refractivity contribution < 1.29 is 23.8 Å². The molecular formula is C25H34N4O5. The van der Waals surface area contributed by atoms with Crippen LogP contribution in [0.25, 0.3) is 11.0 Å². The molecule has 0 saturated carbocycles.